The smallest absolute Gasteiger partial charge is 0.211 e. The van der Waals surface area contributed by atoms with E-state index < -0.39 is 10.0 Å². The molecule has 182 valence electrons. The number of aromatic nitrogens is 3. The number of morpholine rings is 1. The summed E-state index contributed by atoms with van der Waals surface area (Å²) in [6, 6.07) is 5.61. The molecule has 2 saturated heterocycles. The van der Waals surface area contributed by atoms with Gasteiger partial charge in [0.05, 0.1) is 29.2 Å². The first-order valence-corrected chi connectivity index (χ1v) is 14.0. The number of nitrogens with zero attached hydrogens (tertiary/aromatic N) is 6. The fourth-order valence-electron chi connectivity index (χ4n) is 4.71. The molecule has 0 amide bonds. The van der Waals surface area contributed by atoms with Gasteiger partial charge in [0.15, 0.2) is 11.6 Å². The largest absolute Gasteiger partial charge is 0.384 e. The van der Waals surface area contributed by atoms with Crippen LogP contribution in [-0.4, -0.2) is 96.9 Å². The minimum atomic E-state index is -3.18. The van der Waals surface area contributed by atoms with Gasteiger partial charge in [-0.15, -0.1) is 11.3 Å². The van der Waals surface area contributed by atoms with Gasteiger partial charge < -0.3 is 15.4 Å². The predicted molar refractivity (Wildman–Crippen MR) is 134 cm³/mol. The highest BCUT2D eigenvalue weighted by atomic mass is 32.2. The highest BCUT2D eigenvalue weighted by Crippen LogP contribution is 2.32. The van der Waals surface area contributed by atoms with Crippen LogP contribution in [0, 0.1) is 0 Å². The van der Waals surface area contributed by atoms with Crippen molar-refractivity contribution < 1.29 is 13.2 Å². The van der Waals surface area contributed by atoms with E-state index in [0.29, 0.717) is 44.4 Å². The molecule has 0 bridgehead atoms. The third-order valence-corrected chi connectivity index (χ3v) is 8.60. The number of ether oxygens (including phenoxy) is 1. The minimum absolute atomic E-state index is 0.0114. The van der Waals surface area contributed by atoms with Crippen molar-refractivity contribution in [1.29, 1.82) is 0 Å². The minimum Gasteiger partial charge on any atom is -0.384 e. The molecule has 0 aromatic carbocycles. The lowest BCUT2D eigenvalue weighted by Gasteiger charge is -2.41. The van der Waals surface area contributed by atoms with E-state index in [-0.39, 0.29) is 12.1 Å². The van der Waals surface area contributed by atoms with Crippen LogP contribution in [0.25, 0.3) is 21.6 Å². The van der Waals surface area contributed by atoms with Crippen LogP contribution in [0.15, 0.2) is 29.8 Å². The lowest BCUT2D eigenvalue weighted by Crippen LogP contribution is -2.56. The Hall–Kier alpha value is -2.38. The Morgan fingerprint density at radius 2 is 2.03 bits per heavy atom. The van der Waals surface area contributed by atoms with Gasteiger partial charge in [-0.1, -0.05) is 0 Å². The van der Waals surface area contributed by atoms with Crippen LogP contribution in [0.5, 0.6) is 0 Å². The van der Waals surface area contributed by atoms with Crippen LogP contribution in [0.4, 0.5) is 11.6 Å². The van der Waals surface area contributed by atoms with Crippen LogP contribution in [-0.2, 0) is 14.8 Å². The van der Waals surface area contributed by atoms with Crippen LogP contribution in [0.2, 0.25) is 0 Å². The van der Waals surface area contributed by atoms with E-state index in [9.17, 15) is 8.42 Å². The number of hydrogen-bond donors (Lipinski definition) is 1. The van der Waals surface area contributed by atoms with Crippen LogP contribution in [0.1, 0.15) is 6.92 Å². The number of thiophene rings is 1. The zero-order valence-electron chi connectivity index (χ0n) is 19.3. The van der Waals surface area contributed by atoms with E-state index in [1.165, 1.54) is 6.26 Å². The third kappa shape index (κ3) is 4.86. The van der Waals surface area contributed by atoms with Crippen molar-refractivity contribution >= 4 is 43.2 Å². The number of anilines is 2. The second-order valence-corrected chi connectivity index (χ2v) is 11.7. The maximum atomic E-state index is 12.0. The maximum absolute atomic E-state index is 12.0. The molecule has 10 nitrogen and oxygen atoms in total. The van der Waals surface area contributed by atoms with Crippen molar-refractivity contribution in [3.63, 3.8) is 0 Å². The van der Waals surface area contributed by atoms with Gasteiger partial charge in [0.1, 0.15) is 5.82 Å². The number of piperazine rings is 1. The number of nitrogens with two attached hydrogens (primary N) is 1. The summed E-state index contributed by atoms with van der Waals surface area (Å²) in [4.78, 5) is 18.4. The Morgan fingerprint density at radius 1 is 1.18 bits per heavy atom. The van der Waals surface area contributed by atoms with Gasteiger partial charge in [0, 0.05) is 57.1 Å². The van der Waals surface area contributed by atoms with E-state index >= 15 is 0 Å². The molecule has 0 aliphatic carbocycles. The summed E-state index contributed by atoms with van der Waals surface area (Å²) in [5.74, 6) is 2.00. The number of pyridine rings is 1. The molecule has 1 unspecified atom stereocenters. The molecule has 2 N–H and O–H groups in total. The second kappa shape index (κ2) is 9.34. The van der Waals surface area contributed by atoms with E-state index in [0.717, 1.165) is 34.7 Å². The summed E-state index contributed by atoms with van der Waals surface area (Å²) in [7, 11) is -3.18. The third-order valence-electron chi connectivity index (χ3n) is 6.31. The standard InChI is InChI=1S/C22H29N7O3S2/c1-15-12-27(6-7-29(15)34(2,30)31)13-17-14-28(8-9-32-17)22-20-18(5-10-33-20)25-21(26-22)16-3-4-19(23)24-11-16/h3-5,10-11,15,17H,6-9,12-14H2,1-2H3,(H2,23,24)/t15-,17?/m0/s1. The van der Waals surface area contributed by atoms with E-state index in [1.54, 1.807) is 27.9 Å². The summed E-state index contributed by atoms with van der Waals surface area (Å²) in [5, 5.41) is 2.04. The predicted octanol–water partition coefficient (Wildman–Crippen LogP) is 1.51. The lowest BCUT2D eigenvalue weighted by molar-refractivity contribution is 0.00480. The number of fused-ring (bicyclic) bond motifs is 1. The first kappa shape index (κ1) is 23.4. The number of rotatable bonds is 5. The molecule has 2 atom stereocenters. The Morgan fingerprint density at radius 3 is 2.76 bits per heavy atom. The fourth-order valence-corrected chi connectivity index (χ4v) is 6.70. The van der Waals surface area contributed by atoms with Gasteiger partial charge >= 0.3 is 0 Å². The SMILES string of the molecule is C[C@H]1CN(CC2CN(c3nc(-c4ccc(N)nc4)nc4ccsc34)CCO2)CCN1S(C)(=O)=O. The van der Waals surface area contributed by atoms with Crippen molar-refractivity contribution in [1.82, 2.24) is 24.2 Å². The Balaban J connectivity index is 1.33. The molecule has 2 aliphatic heterocycles. The van der Waals surface area contributed by atoms with Crippen molar-refractivity contribution in [2.24, 2.45) is 0 Å². The van der Waals surface area contributed by atoms with Crippen molar-refractivity contribution in [2.75, 3.05) is 62.8 Å². The van der Waals surface area contributed by atoms with Crippen molar-refractivity contribution in [3.05, 3.63) is 29.8 Å². The Kier molecular flexibility index (Phi) is 6.42. The van der Waals surface area contributed by atoms with E-state index in [4.69, 9.17) is 20.4 Å². The van der Waals surface area contributed by atoms with Crippen LogP contribution >= 0.6 is 11.3 Å². The molecule has 12 heteroatoms. The quantitative estimate of drug-likeness (QED) is 0.553. The topological polar surface area (TPSA) is 118 Å². The van der Waals surface area contributed by atoms with Gasteiger partial charge in [0.2, 0.25) is 10.0 Å². The molecule has 0 saturated carbocycles. The fraction of sp³-hybridized carbons (Fsp3) is 0.500. The average molecular weight is 504 g/mol. The Labute approximate surface area is 203 Å². The van der Waals surface area contributed by atoms with Gasteiger partial charge in [-0.2, -0.15) is 4.31 Å². The van der Waals surface area contributed by atoms with E-state index in [2.05, 4.69) is 14.8 Å². The van der Waals surface area contributed by atoms with Crippen LogP contribution < -0.4 is 10.6 Å². The molecule has 3 aromatic heterocycles. The van der Waals surface area contributed by atoms with Gasteiger partial charge in [-0.25, -0.2) is 23.4 Å². The molecule has 34 heavy (non-hydrogen) atoms. The molecule has 0 radical (unpaired) electrons. The number of sulfonamides is 1. The molecule has 3 aromatic rings. The summed E-state index contributed by atoms with van der Waals surface area (Å²) < 4.78 is 32.7. The van der Waals surface area contributed by atoms with Gasteiger partial charge in [0.25, 0.3) is 0 Å². The average Bonchev–Trinajstić information content (AvgIpc) is 3.27. The summed E-state index contributed by atoms with van der Waals surface area (Å²) in [5.41, 5.74) is 7.48. The van der Waals surface area contributed by atoms with Crippen molar-refractivity contribution in [3.8, 4) is 11.4 Å². The molecule has 5 rings (SSSR count). The highest BCUT2D eigenvalue weighted by molar-refractivity contribution is 7.88. The van der Waals surface area contributed by atoms with Gasteiger partial charge in [-0.05, 0) is 30.5 Å². The highest BCUT2D eigenvalue weighted by Gasteiger charge is 2.32. The second-order valence-electron chi connectivity index (χ2n) is 8.90. The molecule has 2 fully saturated rings. The monoisotopic (exact) mass is 503 g/mol. The zero-order valence-corrected chi connectivity index (χ0v) is 20.9. The first-order chi connectivity index (χ1) is 16.3. The normalized spacial score (nSPS) is 22.9. The molecule has 5 heterocycles. The summed E-state index contributed by atoms with van der Waals surface area (Å²) in [6.45, 7) is 6.70. The lowest BCUT2D eigenvalue weighted by atomic mass is 10.2. The molecule has 0 spiro atoms. The first-order valence-electron chi connectivity index (χ1n) is 11.3. The van der Waals surface area contributed by atoms with Crippen LogP contribution in [0.3, 0.4) is 0 Å². The zero-order chi connectivity index (χ0) is 23.9. The molecular formula is C22H29N7O3S2. The molecule has 2 aliphatic rings. The summed E-state index contributed by atoms with van der Waals surface area (Å²) in [6.07, 6.45) is 2.99. The summed E-state index contributed by atoms with van der Waals surface area (Å²) >= 11 is 1.64. The Bertz CT molecular complexity index is 1270. The number of hydrogen-bond acceptors (Lipinski definition) is 10. The maximum Gasteiger partial charge on any atom is 0.211 e. The van der Waals surface area contributed by atoms with E-state index in [1.807, 2.05) is 24.4 Å². The molecular weight excluding hydrogens is 474 g/mol. The van der Waals surface area contributed by atoms with Gasteiger partial charge in [-0.3, -0.25) is 4.90 Å². The number of nitrogen functional groups attached to an aromatic ring is 1. The van der Waals surface area contributed by atoms with Crippen molar-refractivity contribution in [2.45, 2.75) is 19.1 Å².